The number of carbonyl (C=O) groups excluding carboxylic acids is 1. The first-order valence-corrected chi connectivity index (χ1v) is 11.1. The van der Waals surface area contributed by atoms with Gasteiger partial charge in [-0.25, -0.2) is 19.0 Å². The van der Waals surface area contributed by atoms with Gasteiger partial charge in [-0.2, -0.15) is 5.10 Å². The van der Waals surface area contributed by atoms with Crippen LogP contribution in [0, 0.1) is 19.7 Å². The molecular weight excluding hydrogens is 419 g/mol. The van der Waals surface area contributed by atoms with E-state index in [4.69, 9.17) is 15.1 Å². The Morgan fingerprint density at radius 3 is 2.61 bits per heavy atom. The van der Waals surface area contributed by atoms with Crippen molar-refractivity contribution in [2.24, 2.45) is 0 Å². The Labute approximate surface area is 191 Å². The Morgan fingerprint density at radius 2 is 1.88 bits per heavy atom. The SMILES string of the molecule is Cc1ccc(-n2nc(C)c3c(NCCNC(=O)c4cccc(F)c4)nc(C4CC4)nc32)cc1. The zero-order valence-corrected chi connectivity index (χ0v) is 18.6. The van der Waals surface area contributed by atoms with E-state index < -0.39 is 5.82 Å². The van der Waals surface area contributed by atoms with Crippen LogP contribution in [0.2, 0.25) is 0 Å². The molecule has 4 aromatic rings. The number of rotatable bonds is 7. The van der Waals surface area contributed by atoms with E-state index in [0.29, 0.717) is 24.6 Å². The Balaban J connectivity index is 1.38. The van der Waals surface area contributed by atoms with Gasteiger partial charge in [0.15, 0.2) is 5.65 Å². The molecule has 0 bridgehead atoms. The molecule has 2 aromatic heterocycles. The van der Waals surface area contributed by atoms with Crippen LogP contribution in [0.3, 0.4) is 0 Å². The first-order chi connectivity index (χ1) is 16.0. The largest absolute Gasteiger partial charge is 0.368 e. The van der Waals surface area contributed by atoms with Crippen molar-refractivity contribution < 1.29 is 9.18 Å². The average Bonchev–Trinajstić information content (AvgIpc) is 3.61. The van der Waals surface area contributed by atoms with Gasteiger partial charge in [-0.3, -0.25) is 4.79 Å². The van der Waals surface area contributed by atoms with Gasteiger partial charge >= 0.3 is 0 Å². The van der Waals surface area contributed by atoms with Gasteiger partial charge in [0.05, 0.1) is 16.8 Å². The van der Waals surface area contributed by atoms with E-state index in [-0.39, 0.29) is 5.91 Å². The number of hydrogen-bond acceptors (Lipinski definition) is 5. The molecule has 33 heavy (non-hydrogen) atoms. The Morgan fingerprint density at radius 1 is 1.09 bits per heavy atom. The number of anilines is 1. The van der Waals surface area contributed by atoms with Gasteiger partial charge < -0.3 is 10.6 Å². The number of nitrogens with one attached hydrogen (secondary N) is 2. The van der Waals surface area contributed by atoms with Gasteiger partial charge in [0, 0.05) is 24.6 Å². The molecule has 0 radical (unpaired) electrons. The molecular formula is C25H25FN6O. The highest BCUT2D eigenvalue weighted by Crippen LogP contribution is 2.40. The highest BCUT2D eigenvalue weighted by Gasteiger charge is 2.29. The van der Waals surface area contributed by atoms with Crippen LogP contribution in [0.25, 0.3) is 16.7 Å². The van der Waals surface area contributed by atoms with Crippen molar-refractivity contribution in [2.45, 2.75) is 32.6 Å². The summed E-state index contributed by atoms with van der Waals surface area (Å²) in [6, 6.07) is 13.8. The fourth-order valence-electron chi connectivity index (χ4n) is 3.81. The number of amides is 1. The number of nitrogens with zero attached hydrogens (tertiary/aromatic N) is 4. The van der Waals surface area contributed by atoms with Crippen LogP contribution in [-0.2, 0) is 0 Å². The Bertz CT molecular complexity index is 1330. The van der Waals surface area contributed by atoms with Crippen molar-refractivity contribution in [1.82, 2.24) is 25.1 Å². The van der Waals surface area contributed by atoms with E-state index in [9.17, 15) is 9.18 Å². The molecule has 1 amide bonds. The number of halogens is 1. The van der Waals surface area contributed by atoms with Crippen molar-refractivity contribution in [3.05, 3.63) is 77.0 Å². The minimum Gasteiger partial charge on any atom is -0.368 e. The van der Waals surface area contributed by atoms with E-state index in [0.717, 1.165) is 46.9 Å². The molecule has 8 heteroatoms. The smallest absolute Gasteiger partial charge is 0.251 e. The lowest BCUT2D eigenvalue weighted by Gasteiger charge is -2.11. The van der Waals surface area contributed by atoms with Crippen LogP contribution in [0.15, 0.2) is 48.5 Å². The van der Waals surface area contributed by atoms with Crippen LogP contribution in [-0.4, -0.2) is 38.7 Å². The zero-order valence-electron chi connectivity index (χ0n) is 18.6. The zero-order chi connectivity index (χ0) is 22.9. The van der Waals surface area contributed by atoms with Crippen LogP contribution < -0.4 is 10.6 Å². The summed E-state index contributed by atoms with van der Waals surface area (Å²) in [5.41, 5.74) is 4.04. The van der Waals surface area contributed by atoms with Gasteiger partial charge in [0.1, 0.15) is 17.5 Å². The van der Waals surface area contributed by atoms with Crippen molar-refractivity contribution in [1.29, 1.82) is 0 Å². The predicted octanol–water partition coefficient (Wildman–Crippen LogP) is 4.29. The van der Waals surface area contributed by atoms with Crippen molar-refractivity contribution in [2.75, 3.05) is 18.4 Å². The minimum absolute atomic E-state index is 0.297. The van der Waals surface area contributed by atoms with Gasteiger partial charge in [0.25, 0.3) is 5.91 Å². The maximum atomic E-state index is 13.4. The summed E-state index contributed by atoms with van der Waals surface area (Å²) in [5, 5.41) is 11.8. The van der Waals surface area contributed by atoms with Gasteiger partial charge in [0.2, 0.25) is 0 Å². The number of aromatic nitrogens is 4. The summed E-state index contributed by atoms with van der Waals surface area (Å²) in [5.74, 6) is 1.17. The van der Waals surface area contributed by atoms with E-state index in [2.05, 4.69) is 29.7 Å². The molecule has 2 heterocycles. The molecule has 2 aromatic carbocycles. The average molecular weight is 445 g/mol. The summed E-state index contributed by atoms with van der Waals surface area (Å²) in [7, 11) is 0. The van der Waals surface area contributed by atoms with E-state index in [1.54, 1.807) is 6.07 Å². The molecule has 0 unspecified atom stereocenters. The highest BCUT2D eigenvalue weighted by molar-refractivity contribution is 5.94. The first kappa shape index (κ1) is 21.1. The van der Waals surface area contributed by atoms with Crippen molar-refractivity contribution >= 4 is 22.8 Å². The summed E-state index contributed by atoms with van der Waals surface area (Å²) >= 11 is 0. The number of hydrogen-bond donors (Lipinski definition) is 2. The Kier molecular flexibility index (Phi) is 5.50. The van der Waals surface area contributed by atoms with E-state index in [1.807, 2.05) is 23.7 Å². The predicted molar refractivity (Wildman–Crippen MR) is 125 cm³/mol. The topological polar surface area (TPSA) is 84.7 Å². The fourth-order valence-corrected chi connectivity index (χ4v) is 3.81. The maximum absolute atomic E-state index is 13.4. The molecule has 0 aliphatic heterocycles. The molecule has 2 N–H and O–H groups in total. The first-order valence-electron chi connectivity index (χ1n) is 11.1. The summed E-state index contributed by atoms with van der Waals surface area (Å²) in [6.07, 6.45) is 2.18. The summed E-state index contributed by atoms with van der Waals surface area (Å²) < 4.78 is 15.2. The standard InChI is InChI=1S/C25H25FN6O/c1-15-6-10-20(11-7-15)32-24-21(16(2)31-32)23(29-22(30-24)17-8-9-17)27-12-13-28-25(33)18-4-3-5-19(26)14-18/h3-7,10-11,14,17H,8-9,12-13H2,1-2H3,(H,28,33)(H,27,29,30). The third kappa shape index (κ3) is 4.41. The minimum atomic E-state index is -0.433. The molecule has 0 atom stereocenters. The molecule has 168 valence electrons. The van der Waals surface area contributed by atoms with E-state index in [1.165, 1.54) is 23.8 Å². The lowest BCUT2D eigenvalue weighted by Crippen LogP contribution is -2.29. The molecule has 1 saturated carbocycles. The normalized spacial score (nSPS) is 13.3. The molecule has 5 rings (SSSR count). The number of fused-ring (bicyclic) bond motifs is 1. The van der Waals surface area contributed by atoms with Crippen molar-refractivity contribution in [3.63, 3.8) is 0 Å². The molecule has 7 nitrogen and oxygen atoms in total. The quantitative estimate of drug-likeness (QED) is 0.416. The number of carbonyl (C=O) groups is 1. The maximum Gasteiger partial charge on any atom is 0.251 e. The van der Waals surface area contributed by atoms with Crippen LogP contribution in [0.1, 0.15) is 46.2 Å². The highest BCUT2D eigenvalue weighted by atomic mass is 19.1. The van der Waals surface area contributed by atoms with Crippen LogP contribution >= 0.6 is 0 Å². The second-order valence-electron chi connectivity index (χ2n) is 8.43. The fraction of sp³-hybridized carbons (Fsp3) is 0.280. The van der Waals surface area contributed by atoms with Gasteiger partial charge in [-0.05, 0) is 57.0 Å². The lowest BCUT2D eigenvalue weighted by atomic mass is 10.2. The molecule has 1 fully saturated rings. The number of benzene rings is 2. The third-order valence-electron chi connectivity index (χ3n) is 5.73. The lowest BCUT2D eigenvalue weighted by molar-refractivity contribution is 0.0954. The molecule has 0 spiro atoms. The van der Waals surface area contributed by atoms with Gasteiger partial charge in [-0.1, -0.05) is 23.8 Å². The second kappa shape index (κ2) is 8.61. The molecule has 0 saturated heterocycles. The number of aryl methyl sites for hydroxylation is 2. The third-order valence-corrected chi connectivity index (χ3v) is 5.73. The van der Waals surface area contributed by atoms with Crippen LogP contribution in [0.5, 0.6) is 0 Å². The van der Waals surface area contributed by atoms with E-state index >= 15 is 0 Å². The van der Waals surface area contributed by atoms with Crippen molar-refractivity contribution in [3.8, 4) is 5.69 Å². The monoisotopic (exact) mass is 444 g/mol. The summed E-state index contributed by atoms with van der Waals surface area (Å²) in [6.45, 7) is 4.83. The second-order valence-corrected chi connectivity index (χ2v) is 8.43. The van der Waals surface area contributed by atoms with Crippen LogP contribution in [0.4, 0.5) is 10.2 Å². The summed E-state index contributed by atoms with van der Waals surface area (Å²) in [4.78, 5) is 21.9. The Hall–Kier alpha value is -3.81. The van der Waals surface area contributed by atoms with Gasteiger partial charge in [-0.15, -0.1) is 0 Å². The molecule has 1 aliphatic rings. The molecule has 1 aliphatic carbocycles.